The first-order valence-corrected chi connectivity index (χ1v) is 13.7. The molecule has 1 amide bonds. The number of fused-ring (bicyclic) bond motifs is 3. The topological polar surface area (TPSA) is 73.2 Å². The Hall–Kier alpha value is -4.28. The first-order chi connectivity index (χ1) is 19.7. The lowest BCUT2D eigenvalue weighted by Gasteiger charge is -2.50. The summed E-state index contributed by atoms with van der Waals surface area (Å²) >= 11 is 0. The van der Waals surface area contributed by atoms with E-state index < -0.39 is 22.6 Å². The summed E-state index contributed by atoms with van der Waals surface area (Å²) < 4.78 is 39.7. The highest BCUT2D eigenvalue weighted by Gasteiger charge is 2.44. The maximum absolute atomic E-state index is 14.1. The van der Waals surface area contributed by atoms with Crippen molar-refractivity contribution in [2.45, 2.75) is 18.6 Å². The number of benzene rings is 3. The van der Waals surface area contributed by atoms with Crippen LogP contribution in [0.2, 0.25) is 0 Å². The van der Waals surface area contributed by atoms with Gasteiger partial charge in [-0.25, -0.2) is 0 Å². The van der Waals surface area contributed by atoms with Crippen LogP contribution < -0.4 is 14.7 Å². The van der Waals surface area contributed by atoms with Gasteiger partial charge in [-0.05, 0) is 48.4 Å². The van der Waals surface area contributed by atoms with Gasteiger partial charge >= 0.3 is 6.18 Å². The van der Waals surface area contributed by atoms with Gasteiger partial charge in [-0.15, -0.1) is 0 Å². The second kappa shape index (κ2) is 10.6. The largest absolute Gasteiger partial charge is 0.416 e. The number of nitro benzene ring substituents is 1. The summed E-state index contributed by atoms with van der Waals surface area (Å²) in [6, 6.07) is 20.1. The number of non-ortho nitro benzene ring substituents is 1. The lowest BCUT2D eigenvalue weighted by Crippen LogP contribution is -2.62. The Morgan fingerprint density at radius 2 is 1.54 bits per heavy atom. The number of carbonyl (C=O) groups excluding carboxylic acids is 1. The van der Waals surface area contributed by atoms with E-state index in [4.69, 9.17) is 0 Å². The zero-order valence-electron chi connectivity index (χ0n) is 22.3. The van der Waals surface area contributed by atoms with Crippen molar-refractivity contribution < 1.29 is 22.9 Å². The Kier molecular flexibility index (Phi) is 6.96. The summed E-state index contributed by atoms with van der Waals surface area (Å²) in [4.78, 5) is 33.4. The smallest absolute Gasteiger partial charge is 0.368 e. The number of rotatable bonds is 4. The third-order valence-corrected chi connectivity index (χ3v) is 8.47. The SMILES string of the molecule is O=C(C1Cc2cc([N+](=O)[O-])ccc2N2CCN(c3ccccc3)CC12)N1CCN(c2cccc(C(F)(F)F)c2)CC1. The maximum atomic E-state index is 14.1. The van der Waals surface area contributed by atoms with Crippen LogP contribution in [0.25, 0.3) is 0 Å². The van der Waals surface area contributed by atoms with E-state index in [0.717, 1.165) is 35.6 Å². The Morgan fingerprint density at radius 3 is 2.24 bits per heavy atom. The van der Waals surface area contributed by atoms with Crippen LogP contribution in [0.15, 0.2) is 72.8 Å². The first kappa shape index (κ1) is 26.9. The van der Waals surface area contributed by atoms with E-state index in [0.29, 0.717) is 51.4 Å². The lowest BCUT2D eigenvalue weighted by molar-refractivity contribution is -0.384. The average Bonchev–Trinajstić information content (AvgIpc) is 3.00. The van der Waals surface area contributed by atoms with Crippen molar-refractivity contribution in [1.82, 2.24) is 4.90 Å². The van der Waals surface area contributed by atoms with Crippen LogP contribution in [-0.2, 0) is 17.4 Å². The highest BCUT2D eigenvalue weighted by molar-refractivity contribution is 5.83. The summed E-state index contributed by atoms with van der Waals surface area (Å²) in [7, 11) is 0. The molecule has 0 aliphatic carbocycles. The summed E-state index contributed by atoms with van der Waals surface area (Å²) in [5.41, 5.74) is 2.62. The third kappa shape index (κ3) is 5.28. The Labute approximate surface area is 235 Å². The van der Waals surface area contributed by atoms with Crippen LogP contribution in [-0.4, -0.2) is 67.6 Å². The standard InChI is InChI=1S/C30H30F3N5O3/c31-30(32,33)22-5-4-8-24(19-22)34-11-13-35(14-12-34)29(39)26-18-21-17-25(38(40)41)9-10-27(21)37-16-15-36(20-28(26)37)23-6-2-1-3-7-23/h1-10,17,19,26,28H,11-16,18,20H2. The maximum Gasteiger partial charge on any atom is 0.416 e. The predicted octanol–water partition coefficient (Wildman–Crippen LogP) is 4.83. The van der Waals surface area contributed by atoms with E-state index in [1.165, 1.54) is 12.1 Å². The molecule has 2 unspecified atom stereocenters. The number of piperazine rings is 2. The summed E-state index contributed by atoms with van der Waals surface area (Å²) in [6.07, 6.45) is -4.02. The fourth-order valence-corrected chi connectivity index (χ4v) is 6.38. The van der Waals surface area contributed by atoms with Gasteiger partial charge < -0.3 is 19.6 Å². The molecular weight excluding hydrogens is 535 g/mol. The van der Waals surface area contributed by atoms with Gasteiger partial charge in [0.25, 0.3) is 5.69 Å². The van der Waals surface area contributed by atoms with Crippen molar-refractivity contribution in [3.05, 3.63) is 94.0 Å². The molecule has 214 valence electrons. The molecule has 3 aromatic rings. The number of anilines is 3. The molecule has 0 N–H and O–H groups in total. The van der Waals surface area contributed by atoms with Crippen LogP contribution in [0.5, 0.6) is 0 Å². The number of nitro groups is 1. The van der Waals surface area contributed by atoms with Crippen LogP contribution in [0, 0.1) is 16.0 Å². The van der Waals surface area contributed by atoms with E-state index in [2.05, 4.69) is 21.9 Å². The molecule has 2 saturated heterocycles. The minimum atomic E-state index is -4.42. The zero-order valence-corrected chi connectivity index (χ0v) is 22.3. The molecule has 0 saturated carbocycles. The Morgan fingerprint density at radius 1 is 0.829 bits per heavy atom. The molecule has 3 aromatic carbocycles. The quantitative estimate of drug-likeness (QED) is 0.334. The number of halogens is 3. The average molecular weight is 566 g/mol. The number of hydrogen-bond donors (Lipinski definition) is 0. The van der Waals surface area contributed by atoms with Crippen molar-refractivity contribution in [2.75, 3.05) is 60.5 Å². The van der Waals surface area contributed by atoms with Crippen LogP contribution >= 0.6 is 0 Å². The lowest BCUT2D eigenvalue weighted by atomic mass is 9.82. The molecule has 0 bridgehead atoms. The second-order valence-corrected chi connectivity index (χ2v) is 10.8. The fraction of sp³-hybridized carbons (Fsp3) is 0.367. The van der Waals surface area contributed by atoms with E-state index in [9.17, 15) is 28.1 Å². The summed E-state index contributed by atoms with van der Waals surface area (Å²) in [5, 5.41) is 11.5. The monoisotopic (exact) mass is 565 g/mol. The molecule has 6 rings (SSSR count). The van der Waals surface area contributed by atoms with Gasteiger partial charge in [0.15, 0.2) is 0 Å². The van der Waals surface area contributed by atoms with Gasteiger partial charge in [-0.3, -0.25) is 14.9 Å². The molecule has 0 aromatic heterocycles. The van der Waals surface area contributed by atoms with Crippen LogP contribution in [0.3, 0.4) is 0 Å². The van der Waals surface area contributed by atoms with E-state index in [1.807, 2.05) is 23.1 Å². The predicted molar refractivity (Wildman–Crippen MR) is 150 cm³/mol. The van der Waals surface area contributed by atoms with Crippen molar-refractivity contribution in [1.29, 1.82) is 0 Å². The third-order valence-electron chi connectivity index (χ3n) is 8.47. The minimum Gasteiger partial charge on any atom is -0.368 e. The van der Waals surface area contributed by atoms with E-state index in [-0.39, 0.29) is 17.6 Å². The number of alkyl halides is 3. The normalized spacial score (nSPS) is 20.9. The summed E-state index contributed by atoms with van der Waals surface area (Å²) in [5.74, 6) is -0.424. The first-order valence-electron chi connectivity index (χ1n) is 13.7. The van der Waals surface area contributed by atoms with Gasteiger partial charge in [0.2, 0.25) is 5.91 Å². The van der Waals surface area contributed by atoms with Crippen molar-refractivity contribution >= 4 is 28.7 Å². The van der Waals surface area contributed by atoms with Gasteiger partial charge in [0, 0.05) is 75.0 Å². The molecule has 2 fully saturated rings. The molecule has 3 aliphatic heterocycles. The molecule has 11 heteroatoms. The van der Waals surface area contributed by atoms with E-state index >= 15 is 0 Å². The summed E-state index contributed by atoms with van der Waals surface area (Å²) in [6.45, 7) is 3.70. The molecule has 3 aliphatic rings. The highest BCUT2D eigenvalue weighted by Crippen LogP contribution is 2.39. The number of carbonyl (C=O) groups is 1. The molecule has 0 spiro atoms. The van der Waals surface area contributed by atoms with Gasteiger partial charge in [-0.1, -0.05) is 24.3 Å². The van der Waals surface area contributed by atoms with Crippen molar-refractivity contribution in [3.63, 3.8) is 0 Å². The number of hydrogen-bond acceptors (Lipinski definition) is 6. The van der Waals surface area contributed by atoms with Crippen LogP contribution in [0.1, 0.15) is 11.1 Å². The van der Waals surface area contributed by atoms with Crippen molar-refractivity contribution in [2.24, 2.45) is 5.92 Å². The molecule has 8 nitrogen and oxygen atoms in total. The number of para-hydroxylation sites is 1. The minimum absolute atomic E-state index is 0.00558. The van der Waals surface area contributed by atoms with Gasteiger partial charge in [0.1, 0.15) is 0 Å². The Bertz CT molecular complexity index is 1440. The number of amides is 1. The molecule has 0 radical (unpaired) electrons. The zero-order chi connectivity index (χ0) is 28.7. The van der Waals surface area contributed by atoms with Gasteiger partial charge in [-0.2, -0.15) is 13.2 Å². The van der Waals surface area contributed by atoms with Gasteiger partial charge in [0.05, 0.1) is 22.4 Å². The highest BCUT2D eigenvalue weighted by atomic mass is 19.4. The number of nitrogens with zero attached hydrogens (tertiary/aromatic N) is 5. The second-order valence-electron chi connectivity index (χ2n) is 10.8. The molecule has 41 heavy (non-hydrogen) atoms. The fourth-order valence-electron chi connectivity index (χ4n) is 6.38. The van der Waals surface area contributed by atoms with E-state index in [1.54, 1.807) is 23.1 Å². The van der Waals surface area contributed by atoms with Crippen LogP contribution in [0.4, 0.5) is 35.9 Å². The Balaban J connectivity index is 1.23. The molecule has 2 atom stereocenters. The molecular formula is C30H30F3N5O3. The molecule has 3 heterocycles. The van der Waals surface area contributed by atoms with Crippen molar-refractivity contribution in [3.8, 4) is 0 Å².